The van der Waals surface area contributed by atoms with Gasteiger partial charge in [0.2, 0.25) is 0 Å². The van der Waals surface area contributed by atoms with Gasteiger partial charge in [0.25, 0.3) is 5.69 Å². The first-order valence-corrected chi connectivity index (χ1v) is 4.67. The van der Waals surface area contributed by atoms with Gasteiger partial charge < -0.3 is 15.2 Å². The van der Waals surface area contributed by atoms with E-state index >= 15 is 0 Å². The van der Waals surface area contributed by atoms with Crippen molar-refractivity contribution in [2.24, 2.45) is 0 Å². The van der Waals surface area contributed by atoms with E-state index in [1.807, 2.05) is 0 Å². The normalized spacial score (nSPS) is 9.76. The lowest BCUT2D eigenvalue weighted by atomic mass is 10.1. The van der Waals surface area contributed by atoms with Crippen LogP contribution in [0.3, 0.4) is 0 Å². The number of nitrogens with zero attached hydrogens (tertiary/aromatic N) is 1. The lowest BCUT2D eigenvalue weighted by molar-refractivity contribution is -0.384. The van der Waals surface area contributed by atoms with Crippen LogP contribution in [-0.2, 0) is 16.0 Å². The van der Waals surface area contributed by atoms with Gasteiger partial charge in [-0.2, -0.15) is 0 Å². The summed E-state index contributed by atoms with van der Waals surface area (Å²) in [5.41, 5.74) is 5.69. The van der Waals surface area contributed by atoms with Gasteiger partial charge >= 0.3 is 5.97 Å². The molecule has 0 aromatic heterocycles. The fourth-order valence-corrected chi connectivity index (χ4v) is 1.35. The van der Waals surface area contributed by atoms with Crippen molar-refractivity contribution >= 4 is 17.3 Å². The van der Waals surface area contributed by atoms with Crippen LogP contribution in [0.1, 0.15) is 5.56 Å². The van der Waals surface area contributed by atoms with Crippen LogP contribution in [0.2, 0.25) is 0 Å². The molecule has 2 N–H and O–H groups in total. The molecule has 0 spiro atoms. The van der Waals surface area contributed by atoms with Gasteiger partial charge in [-0.15, -0.1) is 0 Å². The molecule has 92 valence electrons. The predicted molar refractivity (Wildman–Crippen MR) is 59.8 cm³/mol. The molecule has 1 aromatic carbocycles. The molecule has 0 aliphatic carbocycles. The van der Waals surface area contributed by atoms with Crippen molar-refractivity contribution in [3.8, 4) is 5.75 Å². The Balaban J connectivity index is 3.18. The molecule has 0 aliphatic rings. The number of nitro groups is 1. The monoisotopic (exact) mass is 240 g/mol. The number of nitrogens with two attached hydrogens (primary N) is 1. The number of ether oxygens (including phenoxy) is 2. The van der Waals surface area contributed by atoms with Crippen LogP contribution in [0.5, 0.6) is 5.75 Å². The molecule has 17 heavy (non-hydrogen) atoms. The first-order chi connectivity index (χ1) is 7.99. The Bertz CT molecular complexity index is 458. The highest BCUT2D eigenvalue weighted by molar-refractivity contribution is 5.75. The maximum absolute atomic E-state index is 11.1. The smallest absolute Gasteiger partial charge is 0.310 e. The lowest BCUT2D eigenvalue weighted by Gasteiger charge is -2.08. The summed E-state index contributed by atoms with van der Waals surface area (Å²) < 4.78 is 9.47. The standard InChI is InChI=1S/C10H12N2O5/c1-16-9-5-8(12(14)15)7(11)3-6(9)4-10(13)17-2/h3,5H,4,11H2,1-2H3. The molecule has 0 bridgehead atoms. The number of methoxy groups -OCH3 is 2. The van der Waals surface area contributed by atoms with Crippen molar-refractivity contribution in [3.05, 3.63) is 27.8 Å². The van der Waals surface area contributed by atoms with E-state index in [0.29, 0.717) is 5.56 Å². The second-order valence-electron chi connectivity index (χ2n) is 3.23. The SMILES string of the molecule is COC(=O)Cc1cc(N)c([N+](=O)[O-])cc1OC. The average molecular weight is 240 g/mol. The Morgan fingerprint density at radius 3 is 2.59 bits per heavy atom. The van der Waals surface area contributed by atoms with Gasteiger partial charge in [0.15, 0.2) is 0 Å². The van der Waals surface area contributed by atoms with Crippen LogP contribution < -0.4 is 10.5 Å². The predicted octanol–water partition coefficient (Wildman–Crippen LogP) is 0.901. The van der Waals surface area contributed by atoms with Gasteiger partial charge in [0.05, 0.1) is 31.6 Å². The van der Waals surface area contributed by atoms with Crippen molar-refractivity contribution in [2.75, 3.05) is 20.0 Å². The Labute approximate surface area is 97.3 Å². The highest BCUT2D eigenvalue weighted by atomic mass is 16.6. The molecule has 0 radical (unpaired) electrons. The van der Waals surface area contributed by atoms with Gasteiger partial charge in [0.1, 0.15) is 11.4 Å². The summed E-state index contributed by atoms with van der Waals surface area (Å²) in [6.45, 7) is 0. The summed E-state index contributed by atoms with van der Waals surface area (Å²) in [6, 6.07) is 2.53. The summed E-state index contributed by atoms with van der Waals surface area (Å²) in [5.74, 6) is -0.243. The number of nitro benzene ring substituents is 1. The third kappa shape index (κ3) is 2.83. The minimum Gasteiger partial charge on any atom is -0.496 e. The molecule has 7 heteroatoms. The zero-order valence-corrected chi connectivity index (χ0v) is 9.43. The number of hydrogen-bond donors (Lipinski definition) is 1. The number of nitrogen functional groups attached to an aromatic ring is 1. The Morgan fingerprint density at radius 1 is 1.47 bits per heavy atom. The Morgan fingerprint density at radius 2 is 2.12 bits per heavy atom. The molecule has 0 amide bonds. The van der Waals surface area contributed by atoms with Crippen molar-refractivity contribution in [1.29, 1.82) is 0 Å². The van der Waals surface area contributed by atoms with E-state index in [4.69, 9.17) is 10.5 Å². The fraction of sp³-hybridized carbons (Fsp3) is 0.300. The third-order valence-corrected chi connectivity index (χ3v) is 2.19. The summed E-state index contributed by atoms with van der Waals surface area (Å²) in [5, 5.41) is 10.7. The molecular weight excluding hydrogens is 228 g/mol. The minimum atomic E-state index is -0.611. The van der Waals surface area contributed by atoms with Gasteiger partial charge in [-0.1, -0.05) is 0 Å². The van der Waals surface area contributed by atoms with Crippen LogP contribution in [-0.4, -0.2) is 25.1 Å². The van der Waals surface area contributed by atoms with Crippen molar-refractivity contribution in [2.45, 2.75) is 6.42 Å². The van der Waals surface area contributed by atoms with Crippen molar-refractivity contribution in [1.82, 2.24) is 0 Å². The van der Waals surface area contributed by atoms with E-state index < -0.39 is 10.9 Å². The molecule has 0 saturated heterocycles. The van der Waals surface area contributed by atoms with Gasteiger partial charge in [0, 0.05) is 5.56 Å². The first kappa shape index (κ1) is 12.8. The second kappa shape index (κ2) is 5.15. The number of anilines is 1. The highest BCUT2D eigenvalue weighted by Crippen LogP contribution is 2.31. The minimum absolute atomic E-state index is 0.0188. The molecule has 0 unspecified atom stereocenters. The molecule has 0 saturated carbocycles. The Kier molecular flexibility index (Phi) is 3.86. The van der Waals surface area contributed by atoms with Gasteiger partial charge in [-0.25, -0.2) is 0 Å². The molecule has 0 fully saturated rings. The van der Waals surface area contributed by atoms with E-state index in [2.05, 4.69) is 4.74 Å². The number of hydrogen-bond acceptors (Lipinski definition) is 6. The lowest BCUT2D eigenvalue weighted by Crippen LogP contribution is -2.07. The number of esters is 1. The molecule has 7 nitrogen and oxygen atoms in total. The molecule has 0 aliphatic heterocycles. The maximum Gasteiger partial charge on any atom is 0.310 e. The van der Waals surface area contributed by atoms with E-state index in [-0.39, 0.29) is 23.5 Å². The van der Waals surface area contributed by atoms with E-state index in [1.165, 1.54) is 26.4 Å². The van der Waals surface area contributed by atoms with Crippen LogP contribution >= 0.6 is 0 Å². The van der Waals surface area contributed by atoms with E-state index in [9.17, 15) is 14.9 Å². The Hall–Kier alpha value is -2.31. The molecule has 0 atom stereocenters. The van der Waals surface area contributed by atoms with E-state index in [0.717, 1.165) is 0 Å². The molecule has 1 aromatic rings. The maximum atomic E-state index is 11.1. The molecular formula is C10H12N2O5. The van der Waals surface area contributed by atoms with Crippen LogP contribution in [0.25, 0.3) is 0 Å². The van der Waals surface area contributed by atoms with E-state index in [1.54, 1.807) is 0 Å². The highest BCUT2D eigenvalue weighted by Gasteiger charge is 2.18. The molecule has 0 heterocycles. The van der Waals surface area contributed by atoms with Gasteiger partial charge in [-0.3, -0.25) is 14.9 Å². The topological polar surface area (TPSA) is 105 Å². The zero-order chi connectivity index (χ0) is 13.0. The number of carbonyl (C=O) groups is 1. The second-order valence-corrected chi connectivity index (χ2v) is 3.23. The summed E-state index contributed by atoms with van der Waals surface area (Å²) >= 11 is 0. The van der Waals surface area contributed by atoms with Gasteiger partial charge in [-0.05, 0) is 6.07 Å². The quantitative estimate of drug-likeness (QED) is 0.363. The first-order valence-electron chi connectivity index (χ1n) is 4.67. The number of carbonyl (C=O) groups excluding carboxylic acids is 1. The number of rotatable bonds is 4. The summed E-state index contributed by atoms with van der Waals surface area (Å²) in [6.07, 6.45) is -0.0537. The van der Waals surface area contributed by atoms with Crippen LogP contribution in [0, 0.1) is 10.1 Å². The molecule has 1 rings (SSSR count). The van der Waals surface area contributed by atoms with Crippen molar-refractivity contribution in [3.63, 3.8) is 0 Å². The summed E-state index contributed by atoms with van der Waals surface area (Å²) in [4.78, 5) is 21.2. The van der Waals surface area contributed by atoms with Crippen molar-refractivity contribution < 1.29 is 19.2 Å². The largest absolute Gasteiger partial charge is 0.496 e. The zero-order valence-electron chi connectivity index (χ0n) is 9.43. The average Bonchev–Trinajstić information content (AvgIpc) is 2.28. The fourth-order valence-electron chi connectivity index (χ4n) is 1.35. The summed E-state index contributed by atoms with van der Waals surface area (Å²) in [7, 11) is 2.61. The van der Waals surface area contributed by atoms with Crippen LogP contribution in [0.15, 0.2) is 12.1 Å². The van der Waals surface area contributed by atoms with Crippen LogP contribution in [0.4, 0.5) is 11.4 Å². The number of benzene rings is 1. The third-order valence-electron chi connectivity index (χ3n) is 2.19.